The molecule has 1 aromatic heterocycles. The number of anilines is 1. The molecule has 24 heavy (non-hydrogen) atoms. The maximum atomic E-state index is 13.3. The normalized spacial score (nSPS) is 10.1. The Labute approximate surface area is 139 Å². The van der Waals surface area contributed by atoms with Crippen LogP contribution in [0.1, 0.15) is 9.67 Å². The summed E-state index contributed by atoms with van der Waals surface area (Å²) in [4.78, 5) is 35.0. The average molecular weight is 354 g/mol. The van der Waals surface area contributed by atoms with Crippen LogP contribution in [-0.4, -0.2) is 30.9 Å². The molecule has 9 heteroatoms. The summed E-state index contributed by atoms with van der Waals surface area (Å²) >= 11 is 1.21. The van der Waals surface area contributed by atoms with Crippen LogP contribution in [0.3, 0.4) is 0 Å². The fourth-order valence-corrected chi connectivity index (χ4v) is 2.26. The Morgan fingerprint density at radius 3 is 2.67 bits per heavy atom. The molecule has 0 saturated carbocycles. The number of thiophene rings is 1. The Bertz CT molecular complexity index is 750. The molecule has 1 heterocycles. The number of ether oxygens (including phenoxy) is 1. The smallest absolute Gasteiger partial charge is 0.325 e. The van der Waals surface area contributed by atoms with Gasteiger partial charge in [-0.3, -0.25) is 14.4 Å². The average Bonchev–Trinajstić information content (AvgIpc) is 3.08. The van der Waals surface area contributed by atoms with Gasteiger partial charge in [0, 0.05) is 6.07 Å². The molecular weight excluding hydrogens is 342 g/mol. The lowest BCUT2D eigenvalue weighted by Gasteiger charge is -2.08. The fourth-order valence-electron chi connectivity index (χ4n) is 1.62. The number of hydrogen-bond acceptors (Lipinski definition) is 5. The van der Waals surface area contributed by atoms with Crippen molar-refractivity contribution < 1.29 is 27.9 Å². The molecule has 2 amide bonds. The Balaban J connectivity index is 1.74. The van der Waals surface area contributed by atoms with Crippen molar-refractivity contribution in [2.75, 3.05) is 18.5 Å². The van der Waals surface area contributed by atoms with Gasteiger partial charge < -0.3 is 15.4 Å². The fraction of sp³-hybridized carbons (Fsp3) is 0.133. The van der Waals surface area contributed by atoms with Gasteiger partial charge in [0.2, 0.25) is 0 Å². The molecule has 0 unspecified atom stereocenters. The lowest BCUT2D eigenvalue weighted by atomic mass is 10.3. The van der Waals surface area contributed by atoms with Crippen molar-refractivity contribution >= 4 is 34.8 Å². The third-order valence-corrected chi connectivity index (χ3v) is 3.57. The van der Waals surface area contributed by atoms with Gasteiger partial charge in [0.25, 0.3) is 11.8 Å². The summed E-state index contributed by atoms with van der Waals surface area (Å²) in [5, 5.41) is 6.12. The largest absolute Gasteiger partial charge is 0.454 e. The molecule has 0 aliphatic rings. The van der Waals surface area contributed by atoms with Gasteiger partial charge >= 0.3 is 5.97 Å². The molecule has 0 spiro atoms. The van der Waals surface area contributed by atoms with Gasteiger partial charge in [0.1, 0.15) is 18.2 Å². The number of carbonyl (C=O) groups excluding carboxylic acids is 3. The highest BCUT2D eigenvalue weighted by Crippen LogP contribution is 2.15. The maximum absolute atomic E-state index is 13.3. The number of amides is 2. The summed E-state index contributed by atoms with van der Waals surface area (Å²) in [7, 11) is 0. The van der Waals surface area contributed by atoms with Crippen LogP contribution in [0.5, 0.6) is 0 Å². The number of halogens is 2. The topological polar surface area (TPSA) is 84.5 Å². The Hall–Kier alpha value is -2.81. The summed E-state index contributed by atoms with van der Waals surface area (Å²) in [6.45, 7) is -1.11. The second kappa shape index (κ2) is 8.16. The Morgan fingerprint density at radius 1 is 1.17 bits per heavy atom. The Kier molecular flexibility index (Phi) is 5.96. The summed E-state index contributed by atoms with van der Waals surface area (Å²) in [6.07, 6.45) is 0. The molecule has 2 rings (SSSR count). The van der Waals surface area contributed by atoms with Crippen LogP contribution in [0.25, 0.3) is 0 Å². The van der Waals surface area contributed by atoms with Crippen molar-refractivity contribution in [2.45, 2.75) is 0 Å². The van der Waals surface area contributed by atoms with Gasteiger partial charge in [-0.05, 0) is 23.6 Å². The van der Waals surface area contributed by atoms with E-state index in [2.05, 4.69) is 15.4 Å². The van der Waals surface area contributed by atoms with Gasteiger partial charge in [0.15, 0.2) is 6.61 Å². The van der Waals surface area contributed by atoms with Crippen molar-refractivity contribution in [3.05, 3.63) is 52.2 Å². The number of hydrogen-bond donors (Lipinski definition) is 2. The highest BCUT2D eigenvalue weighted by molar-refractivity contribution is 7.12. The molecule has 2 N–H and O–H groups in total. The molecule has 2 aromatic rings. The first-order valence-electron chi connectivity index (χ1n) is 6.68. The van der Waals surface area contributed by atoms with E-state index in [1.54, 1.807) is 17.5 Å². The van der Waals surface area contributed by atoms with E-state index in [0.717, 1.165) is 18.2 Å². The SMILES string of the molecule is O=C(COC(=O)CNC(=O)c1cccs1)Nc1cc(F)ccc1F. The van der Waals surface area contributed by atoms with Crippen molar-refractivity contribution in [1.29, 1.82) is 0 Å². The Morgan fingerprint density at radius 2 is 1.96 bits per heavy atom. The highest BCUT2D eigenvalue weighted by atomic mass is 32.1. The van der Waals surface area contributed by atoms with E-state index in [9.17, 15) is 23.2 Å². The summed E-state index contributed by atoms with van der Waals surface area (Å²) in [6, 6.07) is 5.84. The predicted octanol–water partition coefficient (Wildman–Crippen LogP) is 1.94. The monoisotopic (exact) mass is 354 g/mol. The second-order valence-corrected chi connectivity index (χ2v) is 5.44. The zero-order valence-corrected chi connectivity index (χ0v) is 13.0. The number of nitrogens with one attached hydrogen (secondary N) is 2. The van der Waals surface area contributed by atoms with Gasteiger partial charge in [-0.15, -0.1) is 11.3 Å². The molecule has 6 nitrogen and oxygen atoms in total. The van der Waals surface area contributed by atoms with E-state index in [4.69, 9.17) is 0 Å². The van der Waals surface area contributed by atoms with Crippen LogP contribution in [0.15, 0.2) is 35.7 Å². The number of carbonyl (C=O) groups is 3. The van der Waals surface area contributed by atoms with Gasteiger partial charge in [-0.25, -0.2) is 8.78 Å². The van der Waals surface area contributed by atoms with E-state index >= 15 is 0 Å². The first kappa shape index (κ1) is 17.5. The van der Waals surface area contributed by atoms with E-state index in [1.165, 1.54) is 11.3 Å². The summed E-state index contributed by atoms with van der Waals surface area (Å²) < 4.78 is 30.9. The molecule has 0 radical (unpaired) electrons. The quantitative estimate of drug-likeness (QED) is 0.777. The lowest BCUT2D eigenvalue weighted by Crippen LogP contribution is -2.31. The van der Waals surface area contributed by atoms with Crippen LogP contribution in [0.4, 0.5) is 14.5 Å². The zero-order valence-electron chi connectivity index (χ0n) is 12.2. The molecule has 0 bridgehead atoms. The molecule has 126 valence electrons. The standard InChI is InChI=1S/C15H12F2N2O4S/c16-9-3-4-10(17)11(6-9)19-13(20)8-23-14(21)7-18-15(22)12-2-1-5-24-12/h1-6H,7-8H2,(H,18,22)(H,19,20). The van der Waals surface area contributed by atoms with Gasteiger partial charge in [-0.2, -0.15) is 0 Å². The zero-order chi connectivity index (χ0) is 17.5. The van der Waals surface area contributed by atoms with Crippen LogP contribution < -0.4 is 10.6 Å². The number of rotatable bonds is 6. The second-order valence-electron chi connectivity index (χ2n) is 4.49. The first-order chi connectivity index (χ1) is 11.5. The molecule has 0 saturated heterocycles. The first-order valence-corrected chi connectivity index (χ1v) is 7.56. The van der Waals surface area contributed by atoms with Gasteiger partial charge in [-0.1, -0.05) is 6.07 Å². The van der Waals surface area contributed by atoms with Crippen molar-refractivity contribution in [1.82, 2.24) is 5.32 Å². The third kappa shape index (κ3) is 5.13. The maximum Gasteiger partial charge on any atom is 0.325 e. The lowest BCUT2D eigenvalue weighted by molar-refractivity contribution is -0.146. The van der Waals surface area contributed by atoms with E-state index in [0.29, 0.717) is 4.88 Å². The minimum Gasteiger partial charge on any atom is -0.454 e. The predicted molar refractivity (Wildman–Crippen MR) is 82.6 cm³/mol. The van der Waals surface area contributed by atoms with Crippen molar-refractivity contribution in [3.63, 3.8) is 0 Å². The van der Waals surface area contributed by atoms with Crippen LogP contribution in [0, 0.1) is 11.6 Å². The molecule has 0 atom stereocenters. The number of esters is 1. The van der Waals surface area contributed by atoms with Gasteiger partial charge in [0.05, 0.1) is 10.6 Å². The highest BCUT2D eigenvalue weighted by Gasteiger charge is 2.13. The van der Waals surface area contributed by atoms with Crippen molar-refractivity contribution in [3.8, 4) is 0 Å². The molecule has 0 fully saturated rings. The van der Waals surface area contributed by atoms with E-state index < -0.39 is 42.6 Å². The molecule has 1 aromatic carbocycles. The molecular formula is C15H12F2N2O4S. The van der Waals surface area contributed by atoms with Crippen LogP contribution in [-0.2, 0) is 14.3 Å². The summed E-state index contributed by atoms with van der Waals surface area (Å²) in [5.74, 6) is -3.65. The molecule has 0 aliphatic carbocycles. The van der Waals surface area contributed by atoms with Crippen LogP contribution >= 0.6 is 11.3 Å². The molecule has 0 aliphatic heterocycles. The van der Waals surface area contributed by atoms with Crippen molar-refractivity contribution in [2.24, 2.45) is 0 Å². The number of benzene rings is 1. The minimum atomic E-state index is -0.838. The third-order valence-electron chi connectivity index (χ3n) is 2.70. The van der Waals surface area contributed by atoms with E-state index in [-0.39, 0.29) is 5.69 Å². The van der Waals surface area contributed by atoms with E-state index in [1.807, 2.05) is 0 Å². The van der Waals surface area contributed by atoms with Crippen LogP contribution in [0.2, 0.25) is 0 Å². The summed E-state index contributed by atoms with van der Waals surface area (Å²) in [5.41, 5.74) is -0.359. The minimum absolute atomic E-state index is 0.359.